The zero-order chi connectivity index (χ0) is 18.0. The number of thioether (sulfide) groups is 1. The van der Waals surface area contributed by atoms with Gasteiger partial charge in [0.25, 0.3) is 0 Å². The van der Waals surface area contributed by atoms with Crippen LogP contribution >= 0.6 is 11.8 Å². The maximum Gasteiger partial charge on any atom is 0.340 e. The van der Waals surface area contributed by atoms with E-state index in [0.29, 0.717) is 11.1 Å². The summed E-state index contributed by atoms with van der Waals surface area (Å²) in [4.78, 5) is 26.0. The van der Waals surface area contributed by atoms with Gasteiger partial charge < -0.3 is 4.74 Å². The van der Waals surface area contributed by atoms with Crippen molar-refractivity contribution in [2.24, 2.45) is 0 Å². The Morgan fingerprint density at radius 2 is 1.76 bits per heavy atom. The number of methoxy groups -OCH3 is 1. The Balaban J connectivity index is 1.93. The second-order valence-electron chi connectivity index (χ2n) is 5.83. The zero-order valence-corrected chi connectivity index (χ0v) is 15.2. The average Bonchev–Trinajstić information content (AvgIpc) is 3.02. The van der Waals surface area contributed by atoms with Gasteiger partial charge in [-0.3, -0.25) is 9.36 Å². The molecule has 1 unspecified atom stereocenters. The molecule has 128 valence electrons. The summed E-state index contributed by atoms with van der Waals surface area (Å²) in [6.45, 7) is 3.91. The second kappa shape index (κ2) is 7.15. The minimum atomic E-state index is -0.443. The van der Waals surface area contributed by atoms with Crippen LogP contribution in [-0.4, -0.2) is 28.8 Å². The second-order valence-corrected chi connectivity index (χ2v) is 7.25. The number of fused-ring (bicyclic) bond motifs is 1. The van der Waals surface area contributed by atoms with E-state index in [1.165, 1.54) is 24.4 Å². The molecule has 3 aromatic rings. The minimum Gasteiger partial charge on any atom is -0.465 e. The number of hydrogen-bond acceptors (Lipinski definition) is 4. The number of aryl methyl sites for hydroxylation is 1. The first-order chi connectivity index (χ1) is 12.0. The molecule has 0 amide bonds. The van der Waals surface area contributed by atoms with Gasteiger partial charge in [-0.2, -0.15) is 0 Å². The molecule has 0 saturated carbocycles. The zero-order valence-electron chi connectivity index (χ0n) is 14.4. The van der Waals surface area contributed by atoms with Crippen LogP contribution in [0.4, 0.5) is 0 Å². The third-order valence-corrected chi connectivity index (χ3v) is 5.14. The van der Waals surface area contributed by atoms with Crippen molar-refractivity contribution in [2.75, 3.05) is 7.11 Å². The van der Waals surface area contributed by atoms with E-state index in [0.717, 1.165) is 10.3 Å². The summed E-state index contributed by atoms with van der Waals surface area (Å²) >= 11 is 1.50. The van der Waals surface area contributed by atoms with Crippen LogP contribution in [-0.2, 0) is 4.74 Å². The Bertz CT molecular complexity index is 928. The van der Waals surface area contributed by atoms with Crippen LogP contribution in [0.2, 0.25) is 0 Å². The summed E-state index contributed by atoms with van der Waals surface area (Å²) in [7, 11) is 1.34. The van der Waals surface area contributed by atoms with Gasteiger partial charge in [0.15, 0.2) is 0 Å². The number of esters is 1. The summed E-state index contributed by atoms with van der Waals surface area (Å²) in [5.41, 5.74) is 2.30. The Kier molecular flexibility index (Phi) is 4.95. The molecule has 0 aliphatic rings. The molecular weight excluding hydrogens is 334 g/mol. The number of nitrogens with zero attached hydrogens (tertiary/aromatic N) is 1. The first-order valence-corrected chi connectivity index (χ1v) is 8.85. The molecule has 4 nitrogen and oxygen atoms in total. The van der Waals surface area contributed by atoms with Crippen molar-refractivity contribution < 1.29 is 14.3 Å². The Morgan fingerprint density at radius 1 is 1.08 bits per heavy atom. The lowest BCUT2D eigenvalue weighted by Gasteiger charge is -2.12. The van der Waals surface area contributed by atoms with E-state index in [1.54, 1.807) is 10.8 Å². The van der Waals surface area contributed by atoms with Crippen LogP contribution in [0.5, 0.6) is 0 Å². The van der Waals surface area contributed by atoms with Gasteiger partial charge in [0, 0.05) is 16.5 Å². The van der Waals surface area contributed by atoms with Crippen molar-refractivity contribution in [3.8, 4) is 0 Å². The van der Waals surface area contributed by atoms with Crippen molar-refractivity contribution >= 4 is 34.5 Å². The van der Waals surface area contributed by atoms with Gasteiger partial charge >= 0.3 is 5.97 Å². The summed E-state index contributed by atoms with van der Waals surface area (Å²) in [5.74, 6) is -0.515. The lowest BCUT2D eigenvalue weighted by atomic mass is 10.2. The first kappa shape index (κ1) is 17.3. The van der Waals surface area contributed by atoms with Crippen molar-refractivity contribution in [1.29, 1.82) is 0 Å². The molecule has 3 rings (SSSR count). The van der Waals surface area contributed by atoms with Gasteiger partial charge in [0.05, 0.1) is 23.4 Å². The lowest BCUT2D eigenvalue weighted by molar-refractivity contribution is 0.0603. The largest absolute Gasteiger partial charge is 0.465 e. The van der Waals surface area contributed by atoms with Gasteiger partial charge in [0.1, 0.15) is 0 Å². The quantitative estimate of drug-likeness (QED) is 0.510. The predicted octanol–water partition coefficient (Wildman–Crippen LogP) is 4.56. The molecule has 0 aliphatic carbocycles. The van der Waals surface area contributed by atoms with E-state index < -0.39 is 5.97 Å². The smallest absolute Gasteiger partial charge is 0.340 e. The van der Waals surface area contributed by atoms with Crippen LogP contribution in [0.25, 0.3) is 10.9 Å². The Hall–Kier alpha value is -2.53. The van der Waals surface area contributed by atoms with Crippen LogP contribution < -0.4 is 0 Å². The van der Waals surface area contributed by atoms with Gasteiger partial charge in [-0.25, -0.2) is 4.79 Å². The molecule has 0 saturated heterocycles. The number of aromatic nitrogens is 1. The Morgan fingerprint density at radius 3 is 2.44 bits per heavy atom. The SMILES string of the molecule is COC(=O)c1cn(C(=O)C(C)Sc2ccc(C)cc2)c2ccccc12. The molecule has 0 bridgehead atoms. The molecule has 25 heavy (non-hydrogen) atoms. The highest BCUT2D eigenvalue weighted by Gasteiger charge is 2.22. The molecule has 0 radical (unpaired) electrons. The maximum absolute atomic E-state index is 12.9. The molecule has 0 aliphatic heterocycles. The van der Waals surface area contributed by atoms with Crippen LogP contribution in [0, 0.1) is 6.92 Å². The standard InChI is InChI=1S/C20H19NO3S/c1-13-8-10-15(11-9-13)25-14(2)19(22)21-12-17(20(23)24-3)16-6-4-5-7-18(16)21/h4-12,14H,1-3H3. The molecule has 1 aromatic heterocycles. The number of carbonyl (C=O) groups excluding carboxylic acids is 2. The number of ether oxygens (including phenoxy) is 1. The van der Waals surface area contributed by atoms with Gasteiger partial charge in [-0.05, 0) is 32.0 Å². The van der Waals surface area contributed by atoms with E-state index in [1.807, 2.05) is 62.4 Å². The molecule has 1 atom stereocenters. The average molecular weight is 353 g/mol. The number of hydrogen-bond donors (Lipinski definition) is 0. The molecule has 0 N–H and O–H groups in total. The summed E-state index contributed by atoms with van der Waals surface area (Å²) in [6, 6.07) is 15.4. The molecule has 5 heteroatoms. The summed E-state index contributed by atoms with van der Waals surface area (Å²) in [6.07, 6.45) is 1.57. The number of para-hydroxylation sites is 1. The fraction of sp³-hybridized carbons (Fsp3) is 0.200. The Labute approximate surface area is 150 Å². The summed E-state index contributed by atoms with van der Waals surface area (Å²) in [5, 5.41) is 0.430. The lowest BCUT2D eigenvalue weighted by Crippen LogP contribution is -2.20. The number of carbonyl (C=O) groups is 2. The molecule has 0 fully saturated rings. The van der Waals surface area contributed by atoms with Gasteiger partial charge in [0.2, 0.25) is 5.91 Å². The number of benzene rings is 2. The van der Waals surface area contributed by atoms with Crippen LogP contribution in [0.3, 0.4) is 0 Å². The predicted molar refractivity (Wildman–Crippen MR) is 100 cm³/mol. The van der Waals surface area contributed by atoms with Crippen LogP contribution in [0.15, 0.2) is 59.6 Å². The first-order valence-electron chi connectivity index (χ1n) is 7.97. The normalized spacial score (nSPS) is 12.1. The highest BCUT2D eigenvalue weighted by Crippen LogP contribution is 2.28. The van der Waals surface area contributed by atoms with Crippen LogP contribution in [0.1, 0.15) is 27.6 Å². The van der Waals surface area contributed by atoms with Crippen molar-refractivity contribution in [2.45, 2.75) is 24.0 Å². The third-order valence-electron chi connectivity index (χ3n) is 4.04. The topological polar surface area (TPSA) is 48.3 Å². The fourth-order valence-electron chi connectivity index (χ4n) is 2.70. The van der Waals surface area contributed by atoms with E-state index in [2.05, 4.69) is 0 Å². The van der Waals surface area contributed by atoms with Gasteiger partial charge in [-0.1, -0.05) is 35.9 Å². The van der Waals surface area contributed by atoms with Gasteiger partial charge in [-0.15, -0.1) is 11.8 Å². The molecular formula is C20H19NO3S. The molecule has 0 spiro atoms. The molecule has 2 aromatic carbocycles. The van der Waals surface area contributed by atoms with Crippen molar-refractivity contribution in [1.82, 2.24) is 4.57 Å². The van der Waals surface area contributed by atoms with E-state index >= 15 is 0 Å². The highest BCUT2D eigenvalue weighted by molar-refractivity contribution is 8.00. The minimum absolute atomic E-state index is 0.0723. The molecule has 1 heterocycles. The maximum atomic E-state index is 12.9. The van der Waals surface area contributed by atoms with E-state index in [-0.39, 0.29) is 11.2 Å². The number of rotatable bonds is 4. The fourth-order valence-corrected chi connectivity index (χ4v) is 3.62. The highest BCUT2D eigenvalue weighted by atomic mass is 32.2. The van der Waals surface area contributed by atoms with Crippen molar-refractivity contribution in [3.05, 3.63) is 65.9 Å². The monoisotopic (exact) mass is 353 g/mol. The third kappa shape index (κ3) is 3.46. The van der Waals surface area contributed by atoms with E-state index in [4.69, 9.17) is 4.74 Å². The van der Waals surface area contributed by atoms with E-state index in [9.17, 15) is 9.59 Å². The van der Waals surface area contributed by atoms with Crippen molar-refractivity contribution in [3.63, 3.8) is 0 Å². The summed E-state index contributed by atoms with van der Waals surface area (Å²) < 4.78 is 6.39.